The topological polar surface area (TPSA) is 24.5 Å². The van der Waals surface area contributed by atoms with E-state index in [1.165, 1.54) is 56.4 Å². The molecule has 3 rings (SSSR count). The van der Waals surface area contributed by atoms with Crippen LogP contribution in [0.2, 0.25) is 0 Å². The van der Waals surface area contributed by atoms with E-state index in [4.69, 9.17) is 4.74 Å². The maximum Gasteiger partial charge on any atom is 0.0724 e. The maximum absolute atomic E-state index is 5.53. The van der Waals surface area contributed by atoms with Crippen LogP contribution in [0.25, 0.3) is 0 Å². The third-order valence-corrected chi connectivity index (χ3v) is 4.73. The molecule has 2 unspecified atom stereocenters. The Morgan fingerprint density at radius 1 is 1.10 bits per heavy atom. The second-order valence-corrected chi connectivity index (χ2v) is 6.05. The molecule has 110 valence electrons. The molecule has 1 aromatic carbocycles. The molecular formula is C17H26N2O. The first kappa shape index (κ1) is 13.9. The van der Waals surface area contributed by atoms with Crippen LogP contribution in [0.15, 0.2) is 24.3 Å². The van der Waals surface area contributed by atoms with Crippen LogP contribution in [0.1, 0.15) is 37.7 Å². The van der Waals surface area contributed by atoms with Crippen molar-refractivity contribution >= 4 is 5.69 Å². The highest BCUT2D eigenvalue weighted by Gasteiger charge is 2.26. The molecule has 1 aromatic rings. The Kier molecular flexibility index (Phi) is 4.58. The molecule has 0 spiro atoms. The lowest BCUT2D eigenvalue weighted by Crippen LogP contribution is -2.36. The third kappa shape index (κ3) is 3.15. The monoisotopic (exact) mass is 274 g/mol. The van der Waals surface area contributed by atoms with Gasteiger partial charge < -0.3 is 15.0 Å². The second kappa shape index (κ2) is 6.59. The fourth-order valence-electron chi connectivity index (χ4n) is 3.49. The Hall–Kier alpha value is -1.06. The van der Waals surface area contributed by atoms with Crippen LogP contribution >= 0.6 is 0 Å². The zero-order valence-corrected chi connectivity index (χ0v) is 12.5. The van der Waals surface area contributed by atoms with Crippen molar-refractivity contribution in [2.24, 2.45) is 0 Å². The van der Waals surface area contributed by atoms with Crippen molar-refractivity contribution in [2.75, 3.05) is 25.1 Å². The van der Waals surface area contributed by atoms with Crippen LogP contribution in [0.4, 0.5) is 5.69 Å². The van der Waals surface area contributed by atoms with Gasteiger partial charge in [-0.25, -0.2) is 0 Å². The van der Waals surface area contributed by atoms with Crippen LogP contribution < -0.4 is 10.2 Å². The molecule has 1 saturated heterocycles. The van der Waals surface area contributed by atoms with E-state index in [0.717, 1.165) is 6.54 Å². The summed E-state index contributed by atoms with van der Waals surface area (Å²) >= 11 is 0. The molecule has 20 heavy (non-hydrogen) atoms. The van der Waals surface area contributed by atoms with Gasteiger partial charge in [-0.2, -0.15) is 0 Å². The second-order valence-electron chi connectivity index (χ2n) is 6.05. The number of anilines is 1. The summed E-state index contributed by atoms with van der Waals surface area (Å²) in [4.78, 5) is 2.48. The molecule has 1 saturated carbocycles. The Balaban J connectivity index is 1.52. The maximum atomic E-state index is 5.53. The molecule has 1 N–H and O–H groups in total. The van der Waals surface area contributed by atoms with Gasteiger partial charge in [0.2, 0.25) is 0 Å². The minimum absolute atomic E-state index is 0.402. The van der Waals surface area contributed by atoms with Crippen molar-refractivity contribution in [2.45, 2.75) is 50.8 Å². The minimum atomic E-state index is 0.402. The van der Waals surface area contributed by atoms with Crippen LogP contribution in [-0.2, 0) is 11.3 Å². The van der Waals surface area contributed by atoms with Gasteiger partial charge >= 0.3 is 0 Å². The normalized spacial score (nSPS) is 26.4. The van der Waals surface area contributed by atoms with Crippen molar-refractivity contribution in [3.63, 3.8) is 0 Å². The minimum Gasteiger partial charge on any atom is -0.380 e. The predicted octanol–water partition coefficient (Wildman–Crippen LogP) is 2.94. The lowest BCUT2D eigenvalue weighted by atomic mass is 10.1. The molecule has 1 aliphatic heterocycles. The molecule has 1 aliphatic carbocycles. The largest absolute Gasteiger partial charge is 0.380 e. The third-order valence-electron chi connectivity index (χ3n) is 4.73. The summed E-state index contributed by atoms with van der Waals surface area (Å²) in [5, 5.41) is 3.65. The lowest BCUT2D eigenvalue weighted by molar-refractivity contribution is 0.0847. The highest BCUT2D eigenvalue weighted by atomic mass is 16.5. The summed E-state index contributed by atoms with van der Waals surface area (Å²) in [5.41, 5.74) is 2.75. The molecular weight excluding hydrogens is 248 g/mol. The molecule has 3 heteroatoms. The first-order chi connectivity index (χ1) is 9.86. The first-order valence-electron chi connectivity index (χ1n) is 7.97. The van der Waals surface area contributed by atoms with Gasteiger partial charge in [0.1, 0.15) is 0 Å². The van der Waals surface area contributed by atoms with E-state index in [-0.39, 0.29) is 0 Å². The van der Waals surface area contributed by atoms with E-state index in [0.29, 0.717) is 12.1 Å². The van der Waals surface area contributed by atoms with Gasteiger partial charge in [-0.3, -0.25) is 0 Å². The summed E-state index contributed by atoms with van der Waals surface area (Å²) in [6.07, 6.45) is 6.79. The zero-order valence-electron chi connectivity index (χ0n) is 12.5. The average molecular weight is 274 g/mol. The highest BCUT2D eigenvalue weighted by molar-refractivity contribution is 5.48. The number of rotatable bonds is 5. The molecule has 0 bridgehead atoms. The average Bonchev–Trinajstić information content (AvgIpc) is 3.16. The van der Waals surface area contributed by atoms with Crippen molar-refractivity contribution in [3.05, 3.63) is 29.8 Å². The van der Waals surface area contributed by atoms with Gasteiger partial charge in [0.05, 0.1) is 6.10 Å². The fraction of sp³-hybridized carbons (Fsp3) is 0.647. The molecule has 2 aliphatic rings. The molecule has 1 heterocycles. The molecule has 3 nitrogen and oxygen atoms in total. The van der Waals surface area contributed by atoms with E-state index in [9.17, 15) is 0 Å². The molecule has 2 fully saturated rings. The SMILES string of the molecule is COC1CCCC1NCc1ccc(N2CCCC2)cc1. The van der Waals surface area contributed by atoms with Crippen LogP contribution in [0.5, 0.6) is 0 Å². The van der Waals surface area contributed by atoms with Gasteiger partial charge in [-0.15, -0.1) is 0 Å². The first-order valence-corrected chi connectivity index (χ1v) is 7.97. The zero-order chi connectivity index (χ0) is 13.8. The fourth-order valence-corrected chi connectivity index (χ4v) is 3.49. The van der Waals surface area contributed by atoms with Gasteiger partial charge in [0.15, 0.2) is 0 Å². The van der Waals surface area contributed by atoms with E-state index in [2.05, 4.69) is 34.5 Å². The van der Waals surface area contributed by atoms with Crippen LogP contribution in [0, 0.1) is 0 Å². The number of nitrogens with zero attached hydrogens (tertiary/aromatic N) is 1. The summed E-state index contributed by atoms with van der Waals surface area (Å²) in [6, 6.07) is 9.59. The number of nitrogens with one attached hydrogen (secondary N) is 1. The number of ether oxygens (including phenoxy) is 1. The highest BCUT2D eigenvalue weighted by Crippen LogP contribution is 2.23. The van der Waals surface area contributed by atoms with Gasteiger partial charge in [0.25, 0.3) is 0 Å². The quantitative estimate of drug-likeness (QED) is 0.893. The number of benzene rings is 1. The molecule has 0 amide bonds. The van der Waals surface area contributed by atoms with E-state index < -0.39 is 0 Å². The van der Waals surface area contributed by atoms with Crippen molar-refractivity contribution in [1.82, 2.24) is 5.32 Å². The van der Waals surface area contributed by atoms with Gasteiger partial charge in [0, 0.05) is 38.5 Å². The Labute approximate surface area is 122 Å². The van der Waals surface area contributed by atoms with Crippen molar-refractivity contribution in [1.29, 1.82) is 0 Å². The van der Waals surface area contributed by atoms with Crippen LogP contribution in [0.3, 0.4) is 0 Å². The summed E-state index contributed by atoms with van der Waals surface area (Å²) in [7, 11) is 1.83. The van der Waals surface area contributed by atoms with Gasteiger partial charge in [-0.05, 0) is 49.8 Å². The predicted molar refractivity (Wildman–Crippen MR) is 83.2 cm³/mol. The lowest BCUT2D eigenvalue weighted by Gasteiger charge is -2.20. The van der Waals surface area contributed by atoms with Crippen molar-refractivity contribution in [3.8, 4) is 0 Å². The van der Waals surface area contributed by atoms with E-state index in [1.807, 2.05) is 7.11 Å². The van der Waals surface area contributed by atoms with Gasteiger partial charge in [-0.1, -0.05) is 12.1 Å². The Morgan fingerprint density at radius 2 is 1.85 bits per heavy atom. The Bertz CT molecular complexity index is 412. The number of hydrogen-bond donors (Lipinski definition) is 1. The molecule has 0 aromatic heterocycles. The molecule has 2 atom stereocenters. The smallest absolute Gasteiger partial charge is 0.0724 e. The summed E-state index contributed by atoms with van der Waals surface area (Å²) in [5.74, 6) is 0. The van der Waals surface area contributed by atoms with Crippen LogP contribution in [-0.4, -0.2) is 32.3 Å². The summed E-state index contributed by atoms with van der Waals surface area (Å²) in [6.45, 7) is 3.38. The summed E-state index contributed by atoms with van der Waals surface area (Å²) < 4.78 is 5.53. The van der Waals surface area contributed by atoms with E-state index >= 15 is 0 Å². The number of hydrogen-bond acceptors (Lipinski definition) is 3. The molecule has 0 radical (unpaired) electrons. The standard InChI is InChI=1S/C17H26N2O/c1-20-17-6-4-5-16(17)18-13-14-7-9-15(10-8-14)19-11-2-3-12-19/h7-10,16-18H,2-6,11-13H2,1H3. The number of methoxy groups -OCH3 is 1. The van der Waals surface area contributed by atoms with Crippen molar-refractivity contribution < 1.29 is 4.74 Å². The van der Waals surface area contributed by atoms with E-state index in [1.54, 1.807) is 0 Å². The Morgan fingerprint density at radius 3 is 2.55 bits per heavy atom.